The van der Waals surface area contributed by atoms with Gasteiger partial charge < -0.3 is 16.0 Å². The van der Waals surface area contributed by atoms with Crippen molar-refractivity contribution in [3.05, 3.63) is 0 Å². The molecule has 0 saturated carbocycles. The van der Waals surface area contributed by atoms with Crippen molar-refractivity contribution < 1.29 is 22.8 Å². The first kappa shape index (κ1) is 20.0. The van der Waals surface area contributed by atoms with Crippen LogP contribution in [0.3, 0.4) is 0 Å². The molecule has 3 N–H and O–H groups in total. The monoisotopic (exact) mass is 331 g/mol. The summed E-state index contributed by atoms with van der Waals surface area (Å²) in [6.45, 7) is 2.53. The van der Waals surface area contributed by atoms with Gasteiger partial charge in [-0.1, -0.05) is 6.92 Å². The van der Waals surface area contributed by atoms with E-state index >= 15 is 0 Å². The third-order valence-electron chi connectivity index (χ3n) is 3.51. The number of hydrogen-bond acceptors (Lipinski definition) is 3. The van der Waals surface area contributed by atoms with Crippen LogP contribution in [-0.4, -0.2) is 49.1 Å². The number of hydrogen-bond donors (Lipinski definition) is 2. The Morgan fingerprint density at radius 2 is 1.86 bits per heavy atom. The molecule has 1 rings (SSSR count). The molecule has 9 heteroatoms. The van der Waals surface area contributed by atoms with Gasteiger partial charge in [-0.05, 0) is 18.8 Å². The van der Waals surface area contributed by atoms with Crippen LogP contribution in [0.4, 0.5) is 13.2 Å². The molecule has 1 fully saturated rings. The molecule has 1 heterocycles. The summed E-state index contributed by atoms with van der Waals surface area (Å²) < 4.78 is 36.8. The molecule has 1 aliphatic heterocycles. The number of likely N-dealkylation sites (tertiary alicyclic amines) is 1. The standard InChI is InChI=1S/C12H20F3N3O2.ClH/c1-8(6-16)10(19)17-7-9-2-4-18(5-3-9)11(20)12(13,14)15;/h8-9H,2-7,16H2,1H3,(H,17,19);1H. The molecule has 0 spiro atoms. The largest absolute Gasteiger partial charge is 0.471 e. The van der Waals surface area contributed by atoms with Crippen molar-refractivity contribution in [1.29, 1.82) is 0 Å². The zero-order valence-electron chi connectivity index (χ0n) is 11.8. The third-order valence-corrected chi connectivity index (χ3v) is 3.51. The van der Waals surface area contributed by atoms with E-state index in [1.807, 2.05) is 0 Å². The number of halogens is 4. The van der Waals surface area contributed by atoms with Crippen LogP contribution in [0.1, 0.15) is 19.8 Å². The van der Waals surface area contributed by atoms with Crippen LogP contribution >= 0.6 is 12.4 Å². The zero-order valence-corrected chi connectivity index (χ0v) is 12.6. The number of carbonyl (C=O) groups is 2. The minimum Gasteiger partial charge on any atom is -0.356 e. The van der Waals surface area contributed by atoms with E-state index in [1.165, 1.54) is 0 Å². The van der Waals surface area contributed by atoms with Crippen LogP contribution in [0, 0.1) is 11.8 Å². The second-order valence-electron chi connectivity index (χ2n) is 5.12. The van der Waals surface area contributed by atoms with Gasteiger partial charge in [0.15, 0.2) is 0 Å². The second kappa shape index (κ2) is 8.43. The topological polar surface area (TPSA) is 75.4 Å². The molecule has 1 atom stereocenters. The SMILES string of the molecule is CC(CN)C(=O)NCC1CCN(C(=O)C(F)(F)F)CC1.Cl. The number of amides is 2. The van der Waals surface area contributed by atoms with E-state index in [2.05, 4.69) is 5.32 Å². The van der Waals surface area contributed by atoms with Crippen LogP contribution < -0.4 is 11.1 Å². The maximum Gasteiger partial charge on any atom is 0.471 e. The molecule has 2 amide bonds. The quantitative estimate of drug-likeness (QED) is 0.804. The van der Waals surface area contributed by atoms with Crippen molar-refractivity contribution in [1.82, 2.24) is 10.2 Å². The number of nitrogens with zero attached hydrogens (tertiary/aromatic N) is 1. The second-order valence-corrected chi connectivity index (χ2v) is 5.12. The van der Waals surface area contributed by atoms with Crippen LogP contribution in [0.15, 0.2) is 0 Å². The predicted molar refractivity (Wildman–Crippen MR) is 73.8 cm³/mol. The number of carbonyl (C=O) groups excluding carboxylic acids is 2. The van der Waals surface area contributed by atoms with E-state index in [-0.39, 0.29) is 49.8 Å². The fourth-order valence-electron chi connectivity index (χ4n) is 2.05. The van der Waals surface area contributed by atoms with Crippen LogP contribution in [0.25, 0.3) is 0 Å². The van der Waals surface area contributed by atoms with Crippen molar-refractivity contribution in [2.45, 2.75) is 25.9 Å². The fraction of sp³-hybridized carbons (Fsp3) is 0.833. The summed E-state index contributed by atoms with van der Waals surface area (Å²) in [5, 5.41) is 2.73. The highest BCUT2D eigenvalue weighted by molar-refractivity contribution is 5.85. The summed E-state index contributed by atoms with van der Waals surface area (Å²) >= 11 is 0. The summed E-state index contributed by atoms with van der Waals surface area (Å²) in [6, 6.07) is 0. The molecule has 0 radical (unpaired) electrons. The van der Waals surface area contributed by atoms with Crippen LogP contribution in [0.5, 0.6) is 0 Å². The van der Waals surface area contributed by atoms with Gasteiger partial charge in [0, 0.05) is 32.1 Å². The Morgan fingerprint density at radius 3 is 2.29 bits per heavy atom. The summed E-state index contributed by atoms with van der Waals surface area (Å²) in [5.74, 6) is -2.11. The summed E-state index contributed by atoms with van der Waals surface area (Å²) in [5.41, 5.74) is 5.36. The number of rotatable bonds is 4. The molecule has 21 heavy (non-hydrogen) atoms. The van der Waals surface area contributed by atoms with E-state index in [0.717, 1.165) is 4.90 Å². The maximum absolute atomic E-state index is 12.3. The van der Waals surface area contributed by atoms with Gasteiger partial charge in [0.2, 0.25) is 5.91 Å². The molecule has 0 aromatic carbocycles. The van der Waals surface area contributed by atoms with E-state index in [9.17, 15) is 22.8 Å². The molecule has 0 bridgehead atoms. The van der Waals surface area contributed by atoms with E-state index in [1.54, 1.807) is 6.92 Å². The third kappa shape index (κ3) is 6.09. The van der Waals surface area contributed by atoms with Crippen molar-refractivity contribution in [2.24, 2.45) is 17.6 Å². The highest BCUT2D eigenvalue weighted by Crippen LogP contribution is 2.23. The Hall–Kier alpha value is -1.02. The number of alkyl halides is 3. The van der Waals surface area contributed by atoms with Gasteiger partial charge in [-0.25, -0.2) is 0 Å². The van der Waals surface area contributed by atoms with Crippen molar-refractivity contribution in [3.63, 3.8) is 0 Å². The Bertz CT molecular complexity index is 358. The Morgan fingerprint density at radius 1 is 1.33 bits per heavy atom. The van der Waals surface area contributed by atoms with Gasteiger partial charge in [0.25, 0.3) is 0 Å². The summed E-state index contributed by atoms with van der Waals surface area (Å²) in [7, 11) is 0. The van der Waals surface area contributed by atoms with Gasteiger partial charge in [0.1, 0.15) is 0 Å². The number of nitrogens with two attached hydrogens (primary N) is 1. The number of piperidine rings is 1. The molecule has 0 aromatic heterocycles. The minimum atomic E-state index is -4.81. The molecule has 124 valence electrons. The smallest absolute Gasteiger partial charge is 0.356 e. The molecule has 5 nitrogen and oxygen atoms in total. The van der Waals surface area contributed by atoms with Crippen molar-refractivity contribution >= 4 is 24.2 Å². The highest BCUT2D eigenvalue weighted by Gasteiger charge is 2.43. The molecule has 1 aliphatic rings. The number of nitrogens with one attached hydrogen (secondary N) is 1. The van der Waals surface area contributed by atoms with E-state index in [0.29, 0.717) is 19.4 Å². The fourth-order valence-corrected chi connectivity index (χ4v) is 2.05. The predicted octanol–water partition coefficient (Wildman–Crippen LogP) is 0.920. The Labute approximate surface area is 127 Å². The first-order valence-corrected chi connectivity index (χ1v) is 6.59. The first-order valence-electron chi connectivity index (χ1n) is 6.59. The van der Waals surface area contributed by atoms with E-state index in [4.69, 9.17) is 5.73 Å². The van der Waals surface area contributed by atoms with Crippen LogP contribution in [0.2, 0.25) is 0 Å². The maximum atomic E-state index is 12.3. The van der Waals surface area contributed by atoms with Crippen LogP contribution in [-0.2, 0) is 9.59 Å². The van der Waals surface area contributed by atoms with E-state index < -0.39 is 12.1 Å². The molecule has 1 saturated heterocycles. The van der Waals surface area contributed by atoms with Crippen molar-refractivity contribution in [2.75, 3.05) is 26.2 Å². The summed E-state index contributed by atoms with van der Waals surface area (Å²) in [6.07, 6.45) is -3.89. The Kier molecular flexibility index (Phi) is 8.02. The van der Waals surface area contributed by atoms with Gasteiger partial charge in [-0.3, -0.25) is 9.59 Å². The highest BCUT2D eigenvalue weighted by atomic mass is 35.5. The zero-order chi connectivity index (χ0) is 15.3. The average molecular weight is 332 g/mol. The average Bonchev–Trinajstić information content (AvgIpc) is 2.42. The molecule has 0 aliphatic carbocycles. The normalized spacial score (nSPS) is 17.9. The van der Waals surface area contributed by atoms with Gasteiger partial charge in [0.05, 0.1) is 0 Å². The lowest BCUT2D eigenvalue weighted by molar-refractivity contribution is -0.186. The van der Waals surface area contributed by atoms with Gasteiger partial charge in [-0.2, -0.15) is 13.2 Å². The lowest BCUT2D eigenvalue weighted by atomic mass is 9.96. The minimum absolute atomic E-state index is 0. The molecule has 1 unspecified atom stereocenters. The van der Waals surface area contributed by atoms with Gasteiger partial charge >= 0.3 is 12.1 Å². The molecular formula is C12H21ClF3N3O2. The van der Waals surface area contributed by atoms with Gasteiger partial charge in [-0.15, -0.1) is 12.4 Å². The molecule has 0 aromatic rings. The summed E-state index contributed by atoms with van der Waals surface area (Å²) in [4.78, 5) is 23.4. The molecular weight excluding hydrogens is 311 g/mol. The lowest BCUT2D eigenvalue weighted by Crippen LogP contribution is -2.47. The first-order chi connectivity index (χ1) is 9.25. The lowest BCUT2D eigenvalue weighted by Gasteiger charge is -2.32. The Balaban J connectivity index is 0.00000400. The van der Waals surface area contributed by atoms with Crippen molar-refractivity contribution in [3.8, 4) is 0 Å².